The highest BCUT2D eigenvalue weighted by Gasteiger charge is 2.40. The molecule has 35 heavy (non-hydrogen) atoms. The topological polar surface area (TPSA) is 99.6 Å². The first kappa shape index (κ1) is 24.4. The van der Waals surface area contributed by atoms with E-state index >= 15 is 0 Å². The Kier molecular flexibility index (Phi) is 7.47. The molecule has 0 saturated carbocycles. The van der Waals surface area contributed by atoms with Crippen molar-refractivity contribution in [2.45, 2.75) is 25.1 Å². The van der Waals surface area contributed by atoms with Crippen molar-refractivity contribution in [2.24, 2.45) is 0 Å². The number of aliphatic hydroxyl groups is 1. The van der Waals surface area contributed by atoms with Crippen LogP contribution in [0, 0.1) is 0 Å². The number of aliphatic hydroxyl groups excluding tert-OH is 1. The second-order valence-corrected chi connectivity index (χ2v) is 7.84. The van der Waals surface area contributed by atoms with Crippen molar-refractivity contribution < 1.29 is 27.9 Å². The molecule has 11 heteroatoms. The minimum absolute atomic E-state index is 0.0210. The number of alkyl halides is 3. The van der Waals surface area contributed by atoms with Crippen LogP contribution < -0.4 is 15.7 Å². The molecule has 3 aromatic rings. The molecule has 2 aromatic carbocycles. The van der Waals surface area contributed by atoms with Gasteiger partial charge < -0.3 is 15.7 Å². The Bertz CT molecular complexity index is 1140. The maximum atomic E-state index is 13.8. The maximum Gasteiger partial charge on any atom is 0.421 e. The lowest BCUT2D eigenvalue weighted by atomic mass is 10.0. The van der Waals surface area contributed by atoms with Gasteiger partial charge in [0.25, 0.3) is 5.91 Å². The van der Waals surface area contributed by atoms with Gasteiger partial charge in [-0.2, -0.15) is 18.2 Å². The van der Waals surface area contributed by atoms with Gasteiger partial charge >= 0.3 is 6.18 Å². The fourth-order valence-electron chi connectivity index (χ4n) is 3.67. The monoisotopic (exact) mass is 487 g/mol. The normalized spacial score (nSPS) is 15.8. The molecule has 1 amide bonds. The molecule has 0 aliphatic carbocycles. The summed E-state index contributed by atoms with van der Waals surface area (Å²) in [6, 6.07) is 15.0. The molecule has 1 aromatic heterocycles. The standard InChI is InChI=1S/C24H24F3N5O3/c25-24(26,27)19-15-29-23(30-18-9-7-17(8-10-18)22(34)28-12-4-13-33)31-21(19)32-20(11-14-35-32)16-5-2-1-3-6-16/h1-3,5-10,15,20,33H,4,11-14H2,(H,28,34)(H,29,30,31). The number of nitrogens with one attached hydrogen (secondary N) is 2. The van der Waals surface area contributed by atoms with Crippen molar-refractivity contribution in [2.75, 3.05) is 30.1 Å². The highest BCUT2D eigenvalue weighted by Crippen LogP contribution is 2.41. The predicted octanol–water partition coefficient (Wildman–Crippen LogP) is 4.23. The van der Waals surface area contributed by atoms with Crippen molar-refractivity contribution in [1.82, 2.24) is 15.3 Å². The zero-order valence-electron chi connectivity index (χ0n) is 18.6. The fraction of sp³-hybridized carbons (Fsp3) is 0.292. The molecule has 0 bridgehead atoms. The zero-order chi connectivity index (χ0) is 24.8. The SMILES string of the molecule is O=C(NCCCO)c1ccc(Nc2ncc(C(F)(F)F)c(N3OCCC3c3ccccc3)n2)cc1. The summed E-state index contributed by atoms with van der Waals surface area (Å²) in [4.78, 5) is 25.7. The van der Waals surface area contributed by atoms with E-state index in [0.717, 1.165) is 11.8 Å². The third-order valence-corrected chi connectivity index (χ3v) is 5.40. The Labute approximate surface area is 199 Å². The number of carbonyl (C=O) groups is 1. The van der Waals surface area contributed by atoms with E-state index in [-0.39, 0.29) is 30.9 Å². The summed E-state index contributed by atoms with van der Waals surface area (Å²) < 4.78 is 41.4. The van der Waals surface area contributed by atoms with Gasteiger partial charge in [-0.15, -0.1) is 0 Å². The summed E-state index contributed by atoms with van der Waals surface area (Å²) in [6.45, 7) is 0.582. The average Bonchev–Trinajstić information content (AvgIpc) is 3.34. The number of anilines is 3. The third-order valence-electron chi connectivity index (χ3n) is 5.40. The van der Waals surface area contributed by atoms with E-state index in [1.807, 2.05) is 30.3 Å². The van der Waals surface area contributed by atoms with Crippen LogP contribution in [0.4, 0.5) is 30.6 Å². The number of carbonyl (C=O) groups excluding carboxylic acids is 1. The zero-order valence-corrected chi connectivity index (χ0v) is 18.6. The van der Waals surface area contributed by atoms with Crippen LogP contribution in [0.5, 0.6) is 0 Å². The number of hydrogen-bond acceptors (Lipinski definition) is 7. The molecule has 2 heterocycles. The van der Waals surface area contributed by atoms with Gasteiger partial charge in [-0.3, -0.25) is 9.63 Å². The van der Waals surface area contributed by atoms with E-state index in [0.29, 0.717) is 30.6 Å². The summed E-state index contributed by atoms with van der Waals surface area (Å²) in [7, 11) is 0. The van der Waals surface area contributed by atoms with Crippen LogP contribution in [-0.2, 0) is 11.0 Å². The van der Waals surface area contributed by atoms with Crippen LogP contribution >= 0.6 is 0 Å². The van der Waals surface area contributed by atoms with Crippen molar-refractivity contribution >= 4 is 23.4 Å². The molecule has 1 saturated heterocycles. The van der Waals surface area contributed by atoms with Crippen molar-refractivity contribution in [3.63, 3.8) is 0 Å². The second kappa shape index (κ2) is 10.7. The quantitative estimate of drug-likeness (QED) is 0.409. The van der Waals surface area contributed by atoms with Crippen LogP contribution in [0.15, 0.2) is 60.8 Å². The van der Waals surface area contributed by atoms with E-state index in [4.69, 9.17) is 9.94 Å². The Balaban J connectivity index is 1.57. The van der Waals surface area contributed by atoms with E-state index in [2.05, 4.69) is 20.6 Å². The number of rotatable bonds is 8. The highest BCUT2D eigenvalue weighted by atomic mass is 19.4. The lowest BCUT2D eigenvalue weighted by molar-refractivity contribution is -0.138. The van der Waals surface area contributed by atoms with Gasteiger partial charge in [-0.05, 0) is 36.2 Å². The van der Waals surface area contributed by atoms with Crippen LogP contribution in [0.25, 0.3) is 0 Å². The molecule has 4 rings (SSSR count). The number of amides is 1. The summed E-state index contributed by atoms with van der Waals surface area (Å²) in [6.07, 6.45) is -2.98. The lowest BCUT2D eigenvalue weighted by Gasteiger charge is -2.26. The molecule has 1 atom stereocenters. The van der Waals surface area contributed by atoms with Crippen LogP contribution in [0.2, 0.25) is 0 Å². The summed E-state index contributed by atoms with van der Waals surface area (Å²) in [5, 5.41) is 15.6. The van der Waals surface area contributed by atoms with Gasteiger partial charge in [0.1, 0.15) is 5.56 Å². The molecular weight excluding hydrogens is 463 g/mol. The van der Waals surface area contributed by atoms with E-state index in [1.54, 1.807) is 24.3 Å². The number of halogens is 3. The largest absolute Gasteiger partial charge is 0.421 e. The molecule has 1 unspecified atom stereocenters. The Hall–Kier alpha value is -3.70. The smallest absolute Gasteiger partial charge is 0.396 e. The summed E-state index contributed by atoms with van der Waals surface area (Å²) in [5.74, 6) is -0.715. The second-order valence-electron chi connectivity index (χ2n) is 7.84. The first-order valence-electron chi connectivity index (χ1n) is 11.0. The average molecular weight is 487 g/mol. The number of benzene rings is 2. The van der Waals surface area contributed by atoms with Crippen molar-refractivity contribution in [1.29, 1.82) is 0 Å². The molecule has 1 aliphatic rings. The predicted molar refractivity (Wildman–Crippen MR) is 123 cm³/mol. The molecule has 184 valence electrons. The van der Waals surface area contributed by atoms with E-state index in [1.165, 1.54) is 5.06 Å². The molecule has 1 fully saturated rings. The van der Waals surface area contributed by atoms with Gasteiger partial charge in [0.15, 0.2) is 5.82 Å². The highest BCUT2D eigenvalue weighted by molar-refractivity contribution is 5.94. The van der Waals surface area contributed by atoms with Gasteiger partial charge in [-0.25, -0.2) is 10.0 Å². The first-order chi connectivity index (χ1) is 16.9. The van der Waals surface area contributed by atoms with Crippen LogP contribution in [0.1, 0.15) is 40.4 Å². The Morgan fingerprint density at radius 3 is 2.57 bits per heavy atom. The first-order valence-corrected chi connectivity index (χ1v) is 11.0. The Morgan fingerprint density at radius 2 is 1.89 bits per heavy atom. The lowest BCUT2D eigenvalue weighted by Crippen LogP contribution is -2.26. The number of hydrogen-bond donors (Lipinski definition) is 3. The number of aromatic nitrogens is 2. The third kappa shape index (κ3) is 5.87. The van der Waals surface area contributed by atoms with Gasteiger partial charge in [0, 0.05) is 37.0 Å². The minimum Gasteiger partial charge on any atom is -0.396 e. The summed E-state index contributed by atoms with van der Waals surface area (Å²) in [5.41, 5.74) is 0.711. The minimum atomic E-state index is -4.67. The van der Waals surface area contributed by atoms with Gasteiger partial charge in [0.2, 0.25) is 5.95 Å². The van der Waals surface area contributed by atoms with Gasteiger partial charge in [-0.1, -0.05) is 30.3 Å². The molecular formula is C24H24F3N5O3. The van der Waals surface area contributed by atoms with Crippen LogP contribution in [-0.4, -0.2) is 40.7 Å². The molecule has 0 radical (unpaired) electrons. The molecule has 0 spiro atoms. The van der Waals surface area contributed by atoms with Crippen molar-refractivity contribution in [3.05, 3.63) is 77.5 Å². The van der Waals surface area contributed by atoms with Gasteiger partial charge in [0.05, 0.1) is 12.6 Å². The molecule has 3 N–H and O–H groups in total. The van der Waals surface area contributed by atoms with E-state index in [9.17, 15) is 18.0 Å². The van der Waals surface area contributed by atoms with Crippen LogP contribution in [0.3, 0.4) is 0 Å². The molecule has 8 nitrogen and oxygen atoms in total. The number of hydroxylamine groups is 1. The Morgan fingerprint density at radius 1 is 1.14 bits per heavy atom. The maximum absolute atomic E-state index is 13.8. The molecule has 1 aliphatic heterocycles. The van der Waals surface area contributed by atoms with E-state index < -0.39 is 17.8 Å². The fourth-order valence-corrected chi connectivity index (χ4v) is 3.67. The number of nitrogens with zero attached hydrogens (tertiary/aromatic N) is 3. The van der Waals surface area contributed by atoms with Crippen molar-refractivity contribution in [3.8, 4) is 0 Å². The summed E-state index contributed by atoms with van der Waals surface area (Å²) >= 11 is 0.